The summed E-state index contributed by atoms with van der Waals surface area (Å²) >= 11 is 3.30. The van der Waals surface area contributed by atoms with Crippen molar-refractivity contribution >= 4 is 44.5 Å². The molecule has 302 valence electrons. The van der Waals surface area contributed by atoms with Crippen molar-refractivity contribution in [2.75, 3.05) is 25.0 Å². The number of rotatable bonds is 22. The zero-order chi connectivity index (χ0) is 39.8. The second kappa shape index (κ2) is 21.6. The number of halogens is 2. The number of nitrogens with zero attached hydrogens (tertiary/aromatic N) is 7. The van der Waals surface area contributed by atoms with Crippen molar-refractivity contribution in [1.29, 1.82) is 0 Å². The van der Waals surface area contributed by atoms with Gasteiger partial charge in [-0.25, -0.2) is 19.3 Å². The Morgan fingerprint density at radius 1 is 0.895 bits per heavy atom. The van der Waals surface area contributed by atoms with Gasteiger partial charge >= 0.3 is 6.01 Å². The molecule has 1 aromatic carbocycles. The Kier molecular flexibility index (Phi) is 15.9. The van der Waals surface area contributed by atoms with E-state index in [4.69, 9.17) is 9.84 Å². The summed E-state index contributed by atoms with van der Waals surface area (Å²) in [5.41, 5.74) is 3.28. The molecule has 1 aliphatic heterocycles. The van der Waals surface area contributed by atoms with Crippen LogP contribution >= 0.6 is 15.9 Å². The molecule has 2 atom stereocenters. The molecule has 57 heavy (non-hydrogen) atoms. The van der Waals surface area contributed by atoms with Gasteiger partial charge in [0, 0.05) is 55.1 Å². The summed E-state index contributed by atoms with van der Waals surface area (Å²) in [5.74, 6) is 0.0478. The van der Waals surface area contributed by atoms with Gasteiger partial charge in [-0.1, -0.05) is 83.3 Å². The van der Waals surface area contributed by atoms with E-state index >= 15 is 0 Å². The molecule has 1 fully saturated rings. The number of likely N-dealkylation sites (tertiary alicyclic amines) is 1. The van der Waals surface area contributed by atoms with Crippen LogP contribution in [0.25, 0.3) is 22.0 Å². The minimum absolute atomic E-state index is 0.0840. The van der Waals surface area contributed by atoms with Gasteiger partial charge in [0.15, 0.2) is 0 Å². The summed E-state index contributed by atoms with van der Waals surface area (Å²) in [6.45, 7) is 3.62. The van der Waals surface area contributed by atoms with Crippen molar-refractivity contribution in [3.8, 4) is 22.9 Å². The molecule has 0 unspecified atom stereocenters. The lowest BCUT2D eigenvalue weighted by Gasteiger charge is -2.23. The van der Waals surface area contributed by atoms with E-state index in [1.807, 2.05) is 18.2 Å². The number of carbonyl (C=O) groups is 2. The number of benzene rings is 1. The highest BCUT2D eigenvalue weighted by molar-refractivity contribution is 9.10. The second-order valence-corrected chi connectivity index (χ2v) is 15.5. The number of fused-ring (bicyclic) bond motifs is 1. The van der Waals surface area contributed by atoms with Gasteiger partial charge in [-0.3, -0.25) is 19.3 Å². The molecular weight excluding hydrogens is 789 g/mol. The third-order valence-corrected chi connectivity index (χ3v) is 10.7. The Morgan fingerprint density at radius 3 is 2.33 bits per heavy atom. The molecule has 0 radical (unpaired) electrons. The summed E-state index contributed by atoms with van der Waals surface area (Å²) < 4.78 is 22.8. The van der Waals surface area contributed by atoms with E-state index in [1.165, 1.54) is 69.1 Å². The minimum Gasteiger partial charge on any atom is -0.424 e. The topological polar surface area (TPSA) is 140 Å². The van der Waals surface area contributed by atoms with E-state index in [2.05, 4.69) is 53.4 Å². The summed E-state index contributed by atoms with van der Waals surface area (Å²) in [7, 11) is 0. The van der Waals surface area contributed by atoms with Crippen LogP contribution in [0, 0.1) is 0 Å². The summed E-state index contributed by atoms with van der Waals surface area (Å²) in [6, 6.07) is 13.8. The zero-order valence-corrected chi connectivity index (χ0v) is 34.3. The van der Waals surface area contributed by atoms with E-state index in [0.29, 0.717) is 22.6 Å². The van der Waals surface area contributed by atoms with Gasteiger partial charge in [-0.15, -0.1) is 0 Å². The van der Waals surface area contributed by atoms with Crippen molar-refractivity contribution in [2.45, 2.75) is 109 Å². The molecule has 1 aliphatic rings. The fourth-order valence-electron chi connectivity index (χ4n) is 7.22. The van der Waals surface area contributed by atoms with Crippen LogP contribution in [0.4, 0.5) is 10.2 Å². The molecule has 0 spiro atoms. The fourth-order valence-corrected chi connectivity index (χ4v) is 7.57. The van der Waals surface area contributed by atoms with Gasteiger partial charge in [-0.05, 0) is 70.9 Å². The first-order chi connectivity index (χ1) is 27.9. The van der Waals surface area contributed by atoms with E-state index in [0.717, 1.165) is 47.2 Å². The molecule has 0 bridgehead atoms. The van der Waals surface area contributed by atoms with Crippen molar-refractivity contribution in [3.63, 3.8) is 0 Å². The Morgan fingerprint density at radius 2 is 1.61 bits per heavy atom. The maximum absolute atomic E-state index is 14.8. The zero-order valence-electron chi connectivity index (χ0n) is 32.7. The average Bonchev–Trinajstić information content (AvgIpc) is 3.78. The van der Waals surface area contributed by atoms with Gasteiger partial charge in [0.05, 0.1) is 17.8 Å². The number of nitrogens with one attached hydrogen (secondary N) is 2. The number of ether oxygens (including phenoxy) is 1. The molecule has 12 nitrogen and oxygen atoms in total. The van der Waals surface area contributed by atoms with Crippen LogP contribution in [0.1, 0.15) is 89.7 Å². The predicted molar refractivity (Wildman–Crippen MR) is 224 cm³/mol. The number of amides is 2. The van der Waals surface area contributed by atoms with E-state index < -0.39 is 18.1 Å². The average molecular weight is 843 g/mol. The standard InChI is InChI=1S/C43H53BrFN9O3/c1-2-3-4-5-6-7-8-9-10-11-12-21-46-24-20-36-35-25-31(32-27-48-43(49-28-32)57-34-18-22-47-23-19-34)16-17-37(35)54(52-36)30-41(55)53-29-33(45)26-38(53)42(56)51-40-15-13-14-39(44)50-40/h13-19,22-23,25,27-28,33,38,46H,2-12,20-21,24,26,29-30H2,1H3,(H,50,51,56)/t33-,38+/m1/s1. The highest BCUT2D eigenvalue weighted by atomic mass is 79.9. The second-order valence-electron chi connectivity index (χ2n) is 14.6. The first-order valence-electron chi connectivity index (χ1n) is 20.4. The molecule has 1 saturated heterocycles. The van der Waals surface area contributed by atoms with Crippen LogP contribution in [0.2, 0.25) is 0 Å². The maximum Gasteiger partial charge on any atom is 0.321 e. The number of carbonyl (C=O) groups excluding carboxylic acids is 2. The lowest BCUT2D eigenvalue weighted by molar-refractivity contribution is -0.137. The molecule has 14 heteroatoms. The highest BCUT2D eigenvalue weighted by Gasteiger charge is 2.40. The van der Waals surface area contributed by atoms with Crippen molar-refractivity contribution in [2.24, 2.45) is 0 Å². The largest absolute Gasteiger partial charge is 0.424 e. The van der Waals surface area contributed by atoms with Crippen LogP contribution in [0.15, 0.2) is 77.9 Å². The summed E-state index contributed by atoms with van der Waals surface area (Å²) in [5, 5.41) is 12.1. The van der Waals surface area contributed by atoms with Crippen LogP contribution in [0.5, 0.6) is 11.8 Å². The van der Waals surface area contributed by atoms with Gasteiger partial charge in [-0.2, -0.15) is 5.10 Å². The van der Waals surface area contributed by atoms with Gasteiger partial charge in [0.1, 0.15) is 34.9 Å². The lowest BCUT2D eigenvalue weighted by Crippen LogP contribution is -2.44. The number of aromatic nitrogens is 6. The molecule has 5 aromatic rings. The van der Waals surface area contributed by atoms with Crippen LogP contribution in [0.3, 0.4) is 0 Å². The molecule has 0 saturated carbocycles. The predicted octanol–water partition coefficient (Wildman–Crippen LogP) is 8.86. The third kappa shape index (κ3) is 12.3. The first kappa shape index (κ1) is 41.8. The molecule has 2 N–H and O–H groups in total. The number of pyridine rings is 2. The smallest absolute Gasteiger partial charge is 0.321 e. The van der Waals surface area contributed by atoms with Crippen LogP contribution < -0.4 is 15.4 Å². The Balaban J connectivity index is 1.10. The summed E-state index contributed by atoms with van der Waals surface area (Å²) in [6.07, 6.45) is 20.3. The van der Waals surface area contributed by atoms with Gasteiger partial charge in [0.2, 0.25) is 11.8 Å². The molecule has 0 aliphatic carbocycles. The van der Waals surface area contributed by atoms with E-state index in [9.17, 15) is 14.0 Å². The SMILES string of the molecule is CCCCCCCCCCCCCNCCc1nn(CC(=O)N2C[C@H](F)C[C@H]2C(=O)Nc2cccc(Br)n2)c2ccc(-c3cnc(Oc4ccncc4)nc3)cc12. The maximum atomic E-state index is 14.8. The van der Waals surface area contributed by atoms with Crippen molar-refractivity contribution < 1.29 is 18.7 Å². The molecule has 4 aromatic heterocycles. The Labute approximate surface area is 342 Å². The quantitative estimate of drug-likeness (QED) is 0.0517. The summed E-state index contributed by atoms with van der Waals surface area (Å²) in [4.78, 5) is 45.5. The number of unbranched alkanes of at least 4 members (excludes halogenated alkanes) is 10. The number of anilines is 1. The molecule has 6 rings (SSSR count). The van der Waals surface area contributed by atoms with E-state index in [1.54, 1.807) is 59.8 Å². The minimum atomic E-state index is -1.32. The monoisotopic (exact) mass is 841 g/mol. The number of hydrogen-bond acceptors (Lipinski definition) is 9. The lowest BCUT2D eigenvalue weighted by atomic mass is 10.0. The van der Waals surface area contributed by atoms with Crippen molar-refractivity contribution in [3.05, 3.63) is 83.6 Å². The number of hydrogen-bond donors (Lipinski definition) is 2. The normalized spacial score (nSPS) is 15.3. The Hall–Kier alpha value is -4.82. The van der Waals surface area contributed by atoms with E-state index in [-0.39, 0.29) is 31.4 Å². The molecular formula is C43H53BrFN9O3. The Bertz CT molecular complexity index is 2030. The van der Waals surface area contributed by atoms with Crippen LogP contribution in [-0.2, 0) is 22.6 Å². The molecule has 5 heterocycles. The number of alkyl halides is 1. The van der Waals surface area contributed by atoms with Crippen LogP contribution in [-0.4, -0.2) is 78.3 Å². The fraction of sp³-hybridized carbons (Fsp3) is 0.465. The van der Waals surface area contributed by atoms with Gasteiger partial charge in [0.25, 0.3) is 0 Å². The highest BCUT2D eigenvalue weighted by Crippen LogP contribution is 2.29. The van der Waals surface area contributed by atoms with Gasteiger partial charge < -0.3 is 20.3 Å². The third-order valence-electron chi connectivity index (χ3n) is 10.3. The molecule has 2 amide bonds. The first-order valence-corrected chi connectivity index (χ1v) is 21.1. The van der Waals surface area contributed by atoms with Crippen molar-refractivity contribution in [1.82, 2.24) is 39.9 Å².